The monoisotopic (exact) mass is 329 g/mol. The molecule has 1 heterocycles. The zero-order chi connectivity index (χ0) is 16.9. The van der Waals surface area contributed by atoms with Gasteiger partial charge in [0.05, 0.1) is 12.0 Å². The van der Waals surface area contributed by atoms with Crippen molar-refractivity contribution in [3.63, 3.8) is 0 Å². The average molecular weight is 329 g/mol. The highest BCUT2D eigenvalue weighted by Crippen LogP contribution is 2.33. The Morgan fingerprint density at radius 3 is 2.71 bits per heavy atom. The number of nitrogens with zero attached hydrogens (tertiary/aromatic N) is 3. The van der Waals surface area contributed by atoms with Gasteiger partial charge in [-0.1, -0.05) is 18.9 Å². The van der Waals surface area contributed by atoms with Crippen LogP contribution in [-0.2, 0) is 0 Å². The van der Waals surface area contributed by atoms with Crippen LogP contribution in [0.1, 0.15) is 25.7 Å². The van der Waals surface area contributed by atoms with E-state index < -0.39 is 4.92 Å². The molecular formula is C16H19N5O3. The lowest BCUT2D eigenvalue weighted by Gasteiger charge is -2.14. The van der Waals surface area contributed by atoms with Crippen molar-refractivity contribution in [3.05, 3.63) is 40.7 Å². The Balaban J connectivity index is 1.90. The van der Waals surface area contributed by atoms with Crippen molar-refractivity contribution in [3.8, 4) is 5.75 Å². The summed E-state index contributed by atoms with van der Waals surface area (Å²) in [6.07, 6.45) is 5.59. The Labute approximate surface area is 139 Å². The van der Waals surface area contributed by atoms with E-state index in [0.29, 0.717) is 11.4 Å². The first-order valence-corrected chi connectivity index (χ1v) is 7.84. The summed E-state index contributed by atoms with van der Waals surface area (Å²) < 4.78 is 5.16. The second-order valence-corrected chi connectivity index (χ2v) is 5.66. The van der Waals surface area contributed by atoms with Crippen LogP contribution in [0.3, 0.4) is 0 Å². The van der Waals surface area contributed by atoms with Gasteiger partial charge in [-0.3, -0.25) is 10.1 Å². The van der Waals surface area contributed by atoms with Crippen LogP contribution in [0, 0.1) is 10.1 Å². The van der Waals surface area contributed by atoms with Crippen LogP contribution in [0.5, 0.6) is 5.75 Å². The van der Waals surface area contributed by atoms with E-state index in [1.54, 1.807) is 31.4 Å². The molecule has 0 atom stereocenters. The molecule has 2 N–H and O–H groups in total. The molecule has 0 radical (unpaired) electrons. The van der Waals surface area contributed by atoms with Crippen LogP contribution >= 0.6 is 0 Å². The molecule has 0 spiro atoms. The molecule has 126 valence electrons. The van der Waals surface area contributed by atoms with Gasteiger partial charge in [0.1, 0.15) is 12.1 Å². The molecule has 24 heavy (non-hydrogen) atoms. The van der Waals surface area contributed by atoms with E-state index in [1.165, 1.54) is 6.33 Å². The van der Waals surface area contributed by atoms with Gasteiger partial charge < -0.3 is 15.4 Å². The highest BCUT2D eigenvalue weighted by molar-refractivity contribution is 5.74. The Bertz CT molecular complexity index is 731. The SMILES string of the molecule is COc1cccc(Nc2ncnc(NC3CCCC3)c2[N+](=O)[O-])c1. The minimum Gasteiger partial charge on any atom is -0.497 e. The highest BCUT2D eigenvalue weighted by Gasteiger charge is 2.26. The van der Waals surface area contributed by atoms with E-state index in [1.807, 2.05) is 0 Å². The van der Waals surface area contributed by atoms with Crippen LogP contribution in [0.4, 0.5) is 23.0 Å². The number of methoxy groups -OCH3 is 1. The molecule has 1 aromatic heterocycles. The van der Waals surface area contributed by atoms with Crippen molar-refractivity contribution in [1.29, 1.82) is 0 Å². The smallest absolute Gasteiger partial charge is 0.353 e. The number of ether oxygens (including phenoxy) is 1. The molecular weight excluding hydrogens is 310 g/mol. The first-order chi connectivity index (χ1) is 11.7. The van der Waals surface area contributed by atoms with Gasteiger partial charge in [0, 0.05) is 17.8 Å². The van der Waals surface area contributed by atoms with Gasteiger partial charge in [0.2, 0.25) is 11.6 Å². The molecule has 0 saturated heterocycles. The zero-order valence-corrected chi connectivity index (χ0v) is 13.4. The third kappa shape index (κ3) is 3.53. The molecule has 0 amide bonds. The Hall–Kier alpha value is -2.90. The summed E-state index contributed by atoms with van der Waals surface area (Å²) in [4.78, 5) is 19.2. The van der Waals surface area contributed by atoms with E-state index >= 15 is 0 Å². The molecule has 1 fully saturated rings. The van der Waals surface area contributed by atoms with Crippen LogP contribution < -0.4 is 15.4 Å². The van der Waals surface area contributed by atoms with Gasteiger partial charge in [0.25, 0.3) is 0 Å². The minimum atomic E-state index is -0.459. The van der Waals surface area contributed by atoms with Crippen LogP contribution in [0.15, 0.2) is 30.6 Å². The molecule has 0 bridgehead atoms. The lowest BCUT2D eigenvalue weighted by Crippen LogP contribution is -2.17. The van der Waals surface area contributed by atoms with Crippen LogP contribution in [0.2, 0.25) is 0 Å². The number of rotatable bonds is 6. The summed E-state index contributed by atoms with van der Waals surface area (Å²) in [5.74, 6) is 1.07. The van der Waals surface area contributed by atoms with Crippen molar-refractivity contribution in [2.24, 2.45) is 0 Å². The first kappa shape index (κ1) is 16.0. The molecule has 1 saturated carbocycles. The standard InChI is InChI=1S/C16H19N5O3/c1-24-13-8-4-7-12(9-13)20-16-14(21(22)23)15(17-10-18-16)19-11-5-2-3-6-11/h4,7-11H,2-3,5-6H2,1H3,(H2,17,18,19,20). The number of anilines is 3. The van der Waals surface area contributed by atoms with Gasteiger partial charge in [-0.15, -0.1) is 0 Å². The quantitative estimate of drug-likeness (QED) is 0.617. The number of hydrogen-bond acceptors (Lipinski definition) is 7. The molecule has 0 aliphatic heterocycles. The normalized spacial score (nSPS) is 14.4. The Morgan fingerprint density at radius 2 is 2.00 bits per heavy atom. The Morgan fingerprint density at radius 1 is 1.25 bits per heavy atom. The first-order valence-electron chi connectivity index (χ1n) is 7.84. The summed E-state index contributed by atoms with van der Waals surface area (Å²) >= 11 is 0. The van der Waals surface area contributed by atoms with Crippen molar-refractivity contribution in [2.75, 3.05) is 17.7 Å². The summed E-state index contributed by atoms with van der Waals surface area (Å²) in [5.41, 5.74) is 0.509. The molecule has 0 unspecified atom stereocenters. The minimum absolute atomic E-state index is 0.146. The summed E-state index contributed by atoms with van der Waals surface area (Å²) in [5, 5.41) is 17.7. The molecule has 1 aromatic carbocycles. The fourth-order valence-electron chi connectivity index (χ4n) is 2.85. The molecule has 2 aromatic rings. The largest absolute Gasteiger partial charge is 0.497 e. The molecule has 3 rings (SSSR count). The number of hydrogen-bond donors (Lipinski definition) is 2. The van der Waals surface area contributed by atoms with Crippen molar-refractivity contribution < 1.29 is 9.66 Å². The second-order valence-electron chi connectivity index (χ2n) is 5.66. The van der Waals surface area contributed by atoms with Crippen LogP contribution in [-0.4, -0.2) is 28.0 Å². The topological polar surface area (TPSA) is 102 Å². The lowest BCUT2D eigenvalue weighted by atomic mass is 10.2. The third-order valence-corrected chi connectivity index (χ3v) is 4.03. The average Bonchev–Trinajstić information content (AvgIpc) is 3.08. The Kier molecular flexibility index (Phi) is 4.74. The predicted molar refractivity (Wildman–Crippen MR) is 90.8 cm³/mol. The predicted octanol–water partition coefficient (Wildman–Crippen LogP) is 3.49. The maximum atomic E-state index is 11.6. The van der Waals surface area contributed by atoms with Gasteiger partial charge in [-0.2, -0.15) is 0 Å². The number of aromatic nitrogens is 2. The maximum absolute atomic E-state index is 11.6. The van der Waals surface area contributed by atoms with Gasteiger partial charge in [-0.05, 0) is 25.0 Å². The fourth-order valence-corrected chi connectivity index (χ4v) is 2.85. The number of nitrogens with one attached hydrogen (secondary N) is 2. The molecule has 1 aliphatic rings. The summed E-state index contributed by atoms with van der Waals surface area (Å²) in [6.45, 7) is 0. The maximum Gasteiger partial charge on any atom is 0.353 e. The van der Waals surface area contributed by atoms with Crippen molar-refractivity contribution in [2.45, 2.75) is 31.7 Å². The van der Waals surface area contributed by atoms with Crippen LogP contribution in [0.25, 0.3) is 0 Å². The molecule has 8 nitrogen and oxygen atoms in total. The summed E-state index contributed by atoms with van der Waals surface area (Å²) in [6, 6.07) is 7.36. The van der Waals surface area contributed by atoms with E-state index in [2.05, 4.69) is 20.6 Å². The molecule has 8 heteroatoms. The number of nitro groups is 1. The van der Waals surface area contributed by atoms with E-state index in [0.717, 1.165) is 25.7 Å². The van der Waals surface area contributed by atoms with Gasteiger partial charge in [-0.25, -0.2) is 9.97 Å². The third-order valence-electron chi connectivity index (χ3n) is 4.03. The van der Waals surface area contributed by atoms with Crippen molar-refractivity contribution >= 4 is 23.0 Å². The highest BCUT2D eigenvalue weighted by atomic mass is 16.6. The van der Waals surface area contributed by atoms with E-state index in [9.17, 15) is 10.1 Å². The van der Waals surface area contributed by atoms with E-state index in [4.69, 9.17) is 4.74 Å². The van der Waals surface area contributed by atoms with E-state index in [-0.39, 0.29) is 23.4 Å². The van der Waals surface area contributed by atoms with Gasteiger partial charge in [0.15, 0.2) is 0 Å². The fraction of sp³-hybridized carbons (Fsp3) is 0.375. The second kappa shape index (κ2) is 7.12. The number of benzene rings is 1. The zero-order valence-electron chi connectivity index (χ0n) is 13.4. The van der Waals surface area contributed by atoms with Gasteiger partial charge >= 0.3 is 5.69 Å². The molecule has 1 aliphatic carbocycles. The van der Waals surface area contributed by atoms with Crippen molar-refractivity contribution in [1.82, 2.24) is 9.97 Å². The summed E-state index contributed by atoms with van der Waals surface area (Å²) in [7, 11) is 1.57. The lowest BCUT2D eigenvalue weighted by molar-refractivity contribution is -0.383.